The number of likely N-dealkylation sites (tertiary alicyclic amines) is 1. The average Bonchev–Trinajstić information content (AvgIpc) is 2.34. The highest BCUT2D eigenvalue weighted by atomic mass is 15.1. The van der Waals surface area contributed by atoms with E-state index in [1.54, 1.807) is 0 Å². The quantitative estimate of drug-likeness (QED) is 0.809. The molecule has 3 unspecified atom stereocenters. The molecule has 18 heavy (non-hydrogen) atoms. The van der Waals surface area contributed by atoms with E-state index in [-0.39, 0.29) is 0 Å². The summed E-state index contributed by atoms with van der Waals surface area (Å²) in [5.74, 6) is 1.57. The van der Waals surface area contributed by atoms with Crippen molar-refractivity contribution in [3.8, 4) is 0 Å². The maximum absolute atomic E-state index is 3.78. The van der Waals surface area contributed by atoms with Crippen LogP contribution in [0, 0.1) is 17.3 Å². The molecule has 0 radical (unpaired) electrons. The van der Waals surface area contributed by atoms with Crippen LogP contribution in [0.1, 0.15) is 54.4 Å². The van der Waals surface area contributed by atoms with E-state index >= 15 is 0 Å². The number of piperidine rings is 1. The Morgan fingerprint density at radius 1 is 1.28 bits per heavy atom. The first-order valence-corrected chi connectivity index (χ1v) is 7.80. The summed E-state index contributed by atoms with van der Waals surface area (Å²) < 4.78 is 0. The lowest BCUT2D eigenvalue weighted by atomic mass is 9.81. The van der Waals surface area contributed by atoms with Gasteiger partial charge >= 0.3 is 0 Å². The zero-order chi connectivity index (χ0) is 13.8. The molecular weight excluding hydrogens is 220 g/mol. The lowest BCUT2D eigenvalue weighted by molar-refractivity contribution is 0.150. The van der Waals surface area contributed by atoms with Crippen LogP contribution >= 0.6 is 0 Å². The molecule has 1 fully saturated rings. The lowest BCUT2D eigenvalue weighted by Crippen LogP contribution is -2.46. The smallest absolute Gasteiger partial charge is 0.00793 e. The van der Waals surface area contributed by atoms with Crippen LogP contribution in [0.3, 0.4) is 0 Å². The van der Waals surface area contributed by atoms with Crippen LogP contribution in [0.2, 0.25) is 0 Å². The van der Waals surface area contributed by atoms with Crippen molar-refractivity contribution in [3.05, 3.63) is 0 Å². The molecule has 1 rings (SSSR count). The number of hydrogen-bond acceptors (Lipinski definition) is 2. The van der Waals surface area contributed by atoms with Gasteiger partial charge in [0.1, 0.15) is 0 Å². The third kappa shape index (κ3) is 4.89. The molecule has 0 aromatic heterocycles. The van der Waals surface area contributed by atoms with Crippen LogP contribution in [0.15, 0.2) is 0 Å². The van der Waals surface area contributed by atoms with E-state index in [1.165, 1.54) is 32.5 Å². The van der Waals surface area contributed by atoms with Crippen molar-refractivity contribution in [2.24, 2.45) is 17.3 Å². The highest BCUT2D eigenvalue weighted by Gasteiger charge is 2.25. The predicted molar refractivity (Wildman–Crippen MR) is 80.9 cm³/mol. The molecule has 1 saturated heterocycles. The van der Waals surface area contributed by atoms with Crippen molar-refractivity contribution < 1.29 is 0 Å². The molecule has 1 N–H and O–H groups in total. The minimum absolute atomic E-state index is 0.411. The van der Waals surface area contributed by atoms with Gasteiger partial charge in [-0.3, -0.25) is 0 Å². The summed E-state index contributed by atoms with van der Waals surface area (Å²) >= 11 is 0. The Morgan fingerprint density at radius 2 is 1.94 bits per heavy atom. The monoisotopic (exact) mass is 254 g/mol. The topological polar surface area (TPSA) is 15.3 Å². The van der Waals surface area contributed by atoms with Crippen molar-refractivity contribution in [2.45, 2.75) is 60.4 Å². The van der Waals surface area contributed by atoms with Gasteiger partial charge in [-0.15, -0.1) is 0 Å². The minimum Gasteiger partial charge on any atom is -0.314 e. The van der Waals surface area contributed by atoms with E-state index < -0.39 is 0 Å². The van der Waals surface area contributed by atoms with Crippen molar-refractivity contribution in [1.29, 1.82) is 0 Å². The summed E-state index contributed by atoms with van der Waals surface area (Å²) in [5, 5.41) is 3.78. The first-order valence-electron chi connectivity index (χ1n) is 7.80. The van der Waals surface area contributed by atoms with Gasteiger partial charge in [0.15, 0.2) is 0 Å². The van der Waals surface area contributed by atoms with E-state index in [1.807, 2.05) is 0 Å². The van der Waals surface area contributed by atoms with Crippen LogP contribution in [0.4, 0.5) is 0 Å². The number of hydrogen-bond donors (Lipinski definition) is 1. The summed E-state index contributed by atoms with van der Waals surface area (Å²) in [5.41, 5.74) is 0.411. The van der Waals surface area contributed by atoms with Gasteiger partial charge < -0.3 is 10.2 Å². The molecule has 108 valence electrons. The molecular formula is C16H34N2. The van der Waals surface area contributed by atoms with Gasteiger partial charge in [-0.25, -0.2) is 0 Å². The Kier molecular flexibility index (Phi) is 6.13. The van der Waals surface area contributed by atoms with Gasteiger partial charge in [-0.05, 0) is 56.7 Å². The number of nitrogens with one attached hydrogen (secondary N) is 1. The van der Waals surface area contributed by atoms with E-state index in [9.17, 15) is 0 Å². The fraction of sp³-hybridized carbons (Fsp3) is 1.00. The van der Waals surface area contributed by atoms with Gasteiger partial charge in [-0.2, -0.15) is 0 Å². The molecule has 3 atom stereocenters. The van der Waals surface area contributed by atoms with Crippen LogP contribution in [-0.2, 0) is 0 Å². The van der Waals surface area contributed by atoms with Gasteiger partial charge in [0.2, 0.25) is 0 Å². The normalized spacial score (nSPS) is 26.0. The molecule has 1 heterocycles. The summed E-state index contributed by atoms with van der Waals surface area (Å²) in [4.78, 5) is 2.60. The van der Waals surface area contributed by atoms with Crippen molar-refractivity contribution in [3.63, 3.8) is 0 Å². The maximum Gasteiger partial charge on any atom is 0.00793 e. The first kappa shape index (κ1) is 16.0. The van der Waals surface area contributed by atoms with Crippen LogP contribution in [0.5, 0.6) is 0 Å². The zero-order valence-electron chi connectivity index (χ0n) is 13.4. The molecule has 0 saturated carbocycles. The SMILES string of the molecule is CCN1CCCC(C(C)NCC(C)C(C)(C)C)C1. The van der Waals surface area contributed by atoms with Gasteiger partial charge in [0.05, 0.1) is 0 Å². The Labute approximate surface area is 115 Å². The maximum atomic E-state index is 3.78. The molecule has 0 aromatic carbocycles. The third-order valence-electron chi connectivity index (χ3n) is 4.92. The Bertz CT molecular complexity index is 232. The molecule has 2 nitrogen and oxygen atoms in total. The second-order valence-corrected chi connectivity index (χ2v) is 7.26. The number of nitrogens with zero attached hydrogens (tertiary/aromatic N) is 1. The molecule has 1 aliphatic heterocycles. The van der Waals surface area contributed by atoms with Crippen LogP contribution in [-0.4, -0.2) is 37.1 Å². The van der Waals surface area contributed by atoms with Crippen molar-refractivity contribution >= 4 is 0 Å². The highest BCUT2D eigenvalue weighted by molar-refractivity contribution is 4.81. The summed E-state index contributed by atoms with van der Waals surface area (Å²) in [7, 11) is 0. The fourth-order valence-corrected chi connectivity index (χ4v) is 2.62. The van der Waals surface area contributed by atoms with Crippen LogP contribution in [0.25, 0.3) is 0 Å². The average molecular weight is 254 g/mol. The molecule has 2 heteroatoms. The summed E-state index contributed by atoms with van der Waals surface area (Å²) in [6.45, 7) is 19.0. The lowest BCUT2D eigenvalue weighted by Gasteiger charge is -2.37. The van der Waals surface area contributed by atoms with Gasteiger partial charge in [0.25, 0.3) is 0 Å². The van der Waals surface area contributed by atoms with Crippen molar-refractivity contribution in [1.82, 2.24) is 10.2 Å². The number of rotatable bonds is 5. The Balaban J connectivity index is 2.34. The second-order valence-electron chi connectivity index (χ2n) is 7.26. The first-order chi connectivity index (χ1) is 8.34. The molecule has 0 spiro atoms. The molecule has 1 aliphatic rings. The van der Waals surface area contributed by atoms with E-state index in [2.05, 4.69) is 51.8 Å². The van der Waals surface area contributed by atoms with Crippen LogP contribution < -0.4 is 5.32 Å². The highest BCUT2D eigenvalue weighted by Crippen LogP contribution is 2.25. The van der Waals surface area contributed by atoms with Gasteiger partial charge in [-0.1, -0.05) is 34.6 Å². The van der Waals surface area contributed by atoms with E-state index in [0.29, 0.717) is 11.5 Å². The molecule has 0 bridgehead atoms. The standard InChI is InChI=1S/C16H34N2/c1-7-18-10-8-9-15(12-18)14(3)17-11-13(2)16(4,5)6/h13-15,17H,7-12H2,1-6H3. The Morgan fingerprint density at radius 3 is 2.50 bits per heavy atom. The van der Waals surface area contributed by atoms with Gasteiger partial charge in [0, 0.05) is 12.6 Å². The predicted octanol–water partition coefficient (Wildman–Crippen LogP) is 3.38. The summed E-state index contributed by atoms with van der Waals surface area (Å²) in [6, 6.07) is 0.657. The fourth-order valence-electron chi connectivity index (χ4n) is 2.62. The molecule has 0 amide bonds. The Hall–Kier alpha value is -0.0800. The largest absolute Gasteiger partial charge is 0.314 e. The molecule has 0 aromatic rings. The summed E-state index contributed by atoms with van der Waals surface area (Å²) in [6.07, 6.45) is 2.77. The second kappa shape index (κ2) is 6.91. The van der Waals surface area contributed by atoms with E-state index in [0.717, 1.165) is 18.4 Å². The third-order valence-corrected chi connectivity index (χ3v) is 4.92. The zero-order valence-corrected chi connectivity index (χ0v) is 13.4. The molecule has 0 aliphatic carbocycles. The van der Waals surface area contributed by atoms with Crippen molar-refractivity contribution in [2.75, 3.05) is 26.2 Å². The minimum atomic E-state index is 0.411. The van der Waals surface area contributed by atoms with E-state index in [4.69, 9.17) is 0 Å².